The van der Waals surface area contributed by atoms with E-state index in [2.05, 4.69) is 15.8 Å². The van der Waals surface area contributed by atoms with Crippen molar-refractivity contribution >= 4 is 34.1 Å². The molecule has 0 atom stereocenters. The lowest BCUT2D eigenvalue weighted by Gasteiger charge is -2.04. The summed E-state index contributed by atoms with van der Waals surface area (Å²) in [5.41, 5.74) is 6.79. The SMILES string of the molecule is O=C(NNC(=O)c1cc2c(s1)CCCCC2)c1cc2c(F)cccc2[nH]1. The van der Waals surface area contributed by atoms with Gasteiger partial charge in [0.15, 0.2) is 0 Å². The van der Waals surface area contributed by atoms with E-state index in [9.17, 15) is 14.0 Å². The van der Waals surface area contributed by atoms with Crippen molar-refractivity contribution in [3.8, 4) is 0 Å². The number of nitrogens with one attached hydrogen (secondary N) is 3. The van der Waals surface area contributed by atoms with Crippen molar-refractivity contribution in [2.75, 3.05) is 0 Å². The van der Waals surface area contributed by atoms with Crippen LogP contribution in [0.3, 0.4) is 0 Å². The minimum atomic E-state index is -0.521. The summed E-state index contributed by atoms with van der Waals surface area (Å²) in [4.78, 5) is 29.3. The van der Waals surface area contributed by atoms with Crippen molar-refractivity contribution in [3.05, 3.63) is 57.2 Å². The third kappa shape index (κ3) is 3.22. The number of aryl methyl sites for hydroxylation is 2. The fourth-order valence-corrected chi connectivity index (χ4v) is 4.41. The molecule has 0 fully saturated rings. The van der Waals surface area contributed by atoms with Gasteiger partial charge in [-0.05, 0) is 55.5 Å². The summed E-state index contributed by atoms with van der Waals surface area (Å²) < 4.78 is 13.7. The fraction of sp³-hybridized carbons (Fsp3) is 0.263. The summed E-state index contributed by atoms with van der Waals surface area (Å²) in [6.45, 7) is 0. The second-order valence-corrected chi connectivity index (χ2v) is 7.55. The van der Waals surface area contributed by atoms with Crippen LogP contribution in [0, 0.1) is 5.82 Å². The van der Waals surface area contributed by atoms with Crippen LogP contribution in [0.25, 0.3) is 10.9 Å². The van der Waals surface area contributed by atoms with Gasteiger partial charge in [0.1, 0.15) is 11.5 Å². The highest BCUT2D eigenvalue weighted by molar-refractivity contribution is 7.14. The third-order valence-corrected chi connectivity index (χ3v) is 5.85. The number of carbonyl (C=O) groups excluding carboxylic acids is 2. The number of aromatic amines is 1. The molecule has 4 rings (SSSR count). The highest BCUT2D eigenvalue weighted by Crippen LogP contribution is 2.28. The first-order valence-corrected chi connectivity index (χ1v) is 9.43. The Labute approximate surface area is 153 Å². The second kappa shape index (κ2) is 6.92. The average Bonchev–Trinajstić information content (AvgIpc) is 3.19. The first-order valence-electron chi connectivity index (χ1n) is 8.61. The number of thiophene rings is 1. The molecule has 0 bridgehead atoms. The van der Waals surface area contributed by atoms with E-state index >= 15 is 0 Å². The molecule has 3 N–H and O–H groups in total. The van der Waals surface area contributed by atoms with E-state index in [0.717, 1.165) is 25.7 Å². The van der Waals surface area contributed by atoms with Gasteiger partial charge in [-0.25, -0.2) is 4.39 Å². The second-order valence-electron chi connectivity index (χ2n) is 6.41. The van der Waals surface area contributed by atoms with Crippen LogP contribution in [-0.4, -0.2) is 16.8 Å². The van der Waals surface area contributed by atoms with Crippen LogP contribution in [0.1, 0.15) is 49.9 Å². The van der Waals surface area contributed by atoms with Gasteiger partial charge in [-0.15, -0.1) is 11.3 Å². The average molecular weight is 371 g/mol. The number of carbonyl (C=O) groups is 2. The van der Waals surface area contributed by atoms with E-state index < -0.39 is 11.7 Å². The Hall–Kier alpha value is -2.67. The molecule has 1 aliphatic rings. The molecule has 5 nitrogen and oxygen atoms in total. The van der Waals surface area contributed by atoms with Gasteiger partial charge < -0.3 is 4.98 Å². The molecule has 3 aromatic rings. The Kier molecular flexibility index (Phi) is 4.46. The highest BCUT2D eigenvalue weighted by Gasteiger charge is 2.18. The zero-order valence-electron chi connectivity index (χ0n) is 14.0. The number of aromatic nitrogens is 1. The zero-order valence-corrected chi connectivity index (χ0v) is 14.8. The number of fused-ring (bicyclic) bond motifs is 2. The van der Waals surface area contributed by atoms with Crippen molar-refractivity contribution in [2.45, 2.75) is 32.1 Å². The lowest BCUT2D eigenvalue weighted by molar-refractivity contribution is 0.0846. The molecular formula is C19H18FN3O2S. The van der Waals surface area contributed by atoms with Crippen LogP contribution >= 0.6 is 11.3 Å². The van der Waals surface area contributed by atoms with Gasteiger partial charge in [-0.2, -0.15) is 0 Å². The standard InChI is InChI=1S/C19H18FN3O2S/c20-13-6-4-7-14-12(13)10-15(21-14)18(24)22-23-19(25)17-9-11-5-2-1-3-8-16(11)26-17/h4,6-7,9-10,21H,1-3,5,8H2,(H,22,24)(H,23,25). The number of benzene rings is 1. The normalized spacial score (nSPS) is 13.9. The van der Waals surface area contributed by atoms with Crippen molar-refractivity contribution < 1.29 is 14.0 Å². The molecule has 134 valence electrons. The van der Waals surface area contributed by atoms with Crippen LogP contribution < -0.4 is 10.9 Å². The minimum Gasteiger partial charge on any atom is -0.350 e. The first kappa shape index (κ1) is 16.8. The van der Waals surface area contributed by atoms with Gasteiger partial charge in [0.25, 0.3) is 11.8 Å². The topological polar surface area (TPSA) is 74.0 Å². The molecule has 0 unspecified atom stereocenters. The van der Waals surface area contributed by atoms with E-state index in [-0.39, 0.29) is 11.6 Å². The summed E-state index contributed by atoms with van der Waals surface area (Å²) in [5.74, 6) is -1.26. The van der Waals surface area contributed by atoms with Crippen LogP contribution in [-0.2, 0) is 12.8 Å². The molecule has 7 heteroatoms. The molecule has 2 amide bonds. The summed E-state index contributed by atoms with van der Waals surface area (Å²) in [6, 6.07) is 7.94. The molecule has 0 radical (unpaired) electrons. The summed E-state index contributed by atoms with van der Waals surface area (Å²) >= 11 is 1.49. The van der Waals surface area contributed by atoms with E-state index in [1.54, 1.807) is 12.1 Å². The quantitative estimate of drug-likeness (QED) is 0.475. The molecule has 26 heavy (non-hydrogen) atoms. The Balaban J connectivity index is 1.43. The van der Waals surface area contributed by atoms with Crippen LogP contribution in [0.5, 0.6) is 0 Å². The smallest absolute Gasteiger partial charge is 0.286 e. The van der Waals surface area contributed by atoms with Crippen molar-refractivity contribution in [2.24, 2.45) is 0 Å². The molecule has 1 aromatic carbocycles. The van der Waals surface area contributed by atoms with Crippen LogP contribution in [0.4, 0.5) is 4.39 Å². The maximum Gasteiger partial charge on any atom is 0.286 e. The minimum absolute atomic E-state index is 0.187. The van der Waals surface area contributed by atoms with Crippen molar-refractivity contribution in [3.63, 3.8) is 0 Å². The maximum absolute atomic E-state index is 13.7. The number of H-pyrrole nitrogens is 1. The van der Waals surface area contributed by atoms with Crippen LogP contribution in [0.2, 0.25) is 0 Å². The molecule has 0 saturated heterocycles. The number of rotatable bonds is 2. The molecule has 2 heterocycles. The van der Waals surface area contributed by atoms with Crippen LogP contribution in [0.15, 0.2) is 30.3 Å². The molecule has 0 saturated carbocycles. The summed E-state index contributed by atoms with van der Waals surface area (Å²) in [7, 11) is 0. The predicted octanol–water partition coefficient (Wildman–Crippen LogP) is 3.71. The molecule has 0 spiro atoms. The number of hydrogen-bond donors (Lipinski definition) is 3. The molecule has 0 aliphatic heterocycles. The summed E-state index contributed by atoms with van der Waals surface area (Å²) in [5, 5.41) is 0.339. The largest absolute Gasteiger partial charge is 0.350 e. The highest BCUT2D eigenvalue weighted by atomic mass is 32.1. The van der Waals surface area contributed by atoms with E-state index in [0.29, 0.717) is 15.8 Å². The first-order chi connectivity index (χ1) is 12.6. The zero-order chi connectivity index (χ0) is 18.1. The van der Waals surface area contributed by atoms with E-state index in [1.807, 2.05) is 6.07 Å². The Morgan fingerprint density at radius 2 is 1.85 bits per heavy atom. The number of hydrazine groups is 1. The maximum atomic E-state index is 13.7. The number of halogens is 1. The van der Waals surface area contributed by atoms with Gasteiger partial charge >= 0.3 is 0 Å². The summed E-state index contributed by atoms with van der Waals surface area (Å²) in [6.07, 6.45) is 5.55. The lowest BCUT2D eigenvalue weighted by atomic mass is 10.1. The molecule has 1 aliphatic carbocycles. The van der Waals surface area contributed by atoms with Crippen molar-refractivity contribution in [1.29, 1.82) is 0 Å². The monoisotopic (exact) mass is 371 g/mol. The lowest BCUT2D eigenvalue weighted by Crippen LogP contribution is -2.41. The fourth-order valence-electron chi connectivity index (χ4n) is 3.26. The third-order valence-electron chi connectivity index (χ3n) is 4.62. The van der Waals surface area contributed by atoms with Gasteiger partial charge in [0, 0.05) is 15.8 Å². The Morgan fingerprint density at radius 1 is 1.04 bits per heavy atom. The van der Waals surface area contributed by atoms with Gasteiger partial charge in [0.2, 0.25) is 0 Å². The van der Waals surface area contributed by atoms with Gasteiger partial charge in [0.05, 0.1) is 4.88 Å². The van der Waals surface area contributed by atoms with Gasteiger partial charge in [-0.1, -0.05) is 12.5 Å². The Bertz CT molecular complexity index is 968. The number of hydrogen-bond acceptors (Lipinski definition) is 3. The Morgan fingerprint density at radius 3 is 2.69 bits per heavy atom. The van der Waals surface area contributed by atoms with Crippen molar-refractivity contribution in [1.82, 2.24) is 15.8 Å². The molecule has 2 aromatic heterocycles. The number of amides is 2. The van der Waals surface area contributed by atoms with E-state index in [4.69, 9.17) is 0 Å². The van der Waals surface area contributed by atoms with Gasteiger partial charge in [-0.3, -0.25) is 20.4 Å². The van der Waals surface area contributed by atoms with E-state index in [1.165, 1.54) is 40.3 Å². The predicted molar refractivity (Wildman–Crippen MR) is 98.8 cm³/mol. The molecular weight excluding hydrogens is 353 g/mol.